The van der Waals surface area contributed by atoms with Crippen molar-refractivity contribution in [1.29, 1.82) is 0 Å². The molecule has 29 heavy (non-hydrogen) atoms. The molecule has 0 aliphatic carbocycles. The van der Waals surface area contributed by atoms with E-state index in [1.54, 1.807) is 6.20 Å². The van der Waals surface area contributed by atoms with Gasteiger partial charge >= 0.3 is 0 Å². The number of fused-ring (bicyclic) bond motifs is 6. The maximum absolute atomic E-state index is 6.20. The molecule has 0 saturated heterocycles. The van der Waals surface area contributed by atoms with Crippen molar-refractivity contribution in [3.8, 4) is 0 Å². The summed E-state index contributed by atoms with van der Waals surface area (Å²) in [4.78, 5) is 8.80. The molecule has 0 unspecified atom stereocenters. The van der Waals surface area contributed by atoms with Gasteiger partial charge in [0.15, 0.2) is 0 Å². The Morgan fingerprint density at radius 3 is 1.90 bits per heavy atom. The van der Waals surface area contributed by atoms with E-state index in [0.29, 0.717) is 0 Å². The molecule has 6 aromatic rings. The third-order valence-corrected chi connectivity index (χ3v) is 5.38. The van der Waals surface area contributed by atoms with Crippen LogP contribution in [0.25, 0.3) is 43.4 Å². The number of nitrogens with zero attached hydrogens (tertiary/aromatic N) is 2. The molecule has 2 heterocycles. The molecule has 0 amide bonds. The zero-order valence-electron chi connectivity index (χ0n) is 15.6. The first-order valence-electron chi connectivity index (χ1n) is 9.46. The standard InChI is InChI=1S/C13H8ClN.C13H9N/c14-11-5-1-3-9-6-7-10-4-2-8-15-13(10)12(9)11;1-2-6-12-10(4-1)7-8-11-5-3-9-14-13(11)12/h1-8H;1-9H. The van der Waals surface area contributed by atoms with Gasteiger partial charge in [-0.25, -0.2) is 0 Å². The van der Waals surface area contributed by atoms with Crippen LogP contribution in [0.15, 0.2) is 103 Å². The Morgan fingerprint density at radius 2 is 1.07 bits per heavy atom. The molecule has 0 saturated carbocycles. The summed E-state index contributed by atoms with van der Waals surface area (Å²) in [7, 11) is 0. The second kappa shape index (κ2) is 7.50. The smallest absolute Gasteiger partial charge is 0.0795 e. The molecular weight excluding hydrogens is 376 g/mol. The first kappa shape index (κ1) is 17.6. The van der Waals surface area contributed by atoms with Crippen molar-refractivity contribution in [2.45, 2.75) is 0 Å². The molecule has 0 N–H and O–H groups in total. The van der Waals surface area contributed by atoms with E-state index in [4.69, 9.17) is 11.6 Å². The van der Waals surface area contributed by atoms with Crippen molar-refractivity contribution >= 4 is 55.0 Å². The van der Waals surface area contributed by atoms with Crippen LogP contribution < -0.4 is 0 Å². The molecular formula is C26H17ClN2. The van der Waals surface area contributed by atoms with Gasteiger partial charge in [0.25, 0.3) is 0 Å². The van der Waals surface area contributed by atoms with Gasteiger partial charge < -0.3 is 0 Å². The van der Waals surface area contributed by atoms with Gasteiger partial charge in [0.05, 0.1) is 16.1 Å². The van der Waals surface area contributed by atoms with Crippen molar-refractivity contribution in [3.05, 3.63) is 108 Å². The fourth-order valence-corrected chi connectivity index (χ4v) is 3.96. The Morgan fingerprint density at radius 1 is 0.483 bits per heavy atom. The van der Waals surface area contributed by atoms with Crippen LogP contribution in [-0.4, -0.2) is 9.97 Å². The maximum Gasteiger partial charge on any atom is 0.0795 e. The fourth-order valence-electron chi connectivity index (χ4n) is 3.69. The van der Waals surface area contributed by atoms with Crippen LogP contribution in [-0.2, 0) is 0 Å². The average Bonchev–Trinajstić information content (AvgIpc) is 2.79. The molecule has 2 aromatic heterocycles. The van der Waals surface area contributed by atoms with Gasteiger partial charge in [-0.05, 0) is 29.0 Å². The van der Waals surface area contributed by atoms with Gasteiger partial charge in [-0.1, -0.05) is 84.4 Å². The topological polar surface area (TPSA) is 25.8 Å². The van der Waals surface area contributed by atoms with E-state index in [2.05, 4.69) is 70.6 Å². The highest BCUT2D eigenvalue weighted by Gasteiger charge is 2.04. The Hall–Kier alpha value is -3.49. The van der Waals surface area contributed by atoms with E-state index in [1.165, 1.54) is 16.2 Å². The molecule has 2 nitrogen and oxygen atoms in total. The first-order valence-corrected chi connectivity index (χ1v) is 9.83. The minimum atomic E-state index is 0.761. The molecule has 3 heteroatoms. The van der Waals surface area contributed by atoms with Crippen LogP contribution in [0.4, 0.5) is 0 Å². The van der Waals surface area contributed by atoms with Crippen molar-refractivity contribution < 1.29 is 0 Å². The van der Waals surface area contributed by atoms with Gasteiger partial charge in [0.1, 0.15) is 0 Å². The van der Waals surface area contributed by atoms with Crippen LogP contribution in [0.5, 0.6) is 0 Å². The molecule has 0 radical (unpaired) electrons. The van der Waals surface area contributed by atoms with Crippen molar-refractivity contribution in [2.75, 3.05) is 0 Å². The highest BCUT2D eigenvalue weighted by Crippen LogP contribution is 2.29. The minimum absolute atomic E-state index is 0.761. The summed E-state index contributed by atoms with van der Waals surface area (Å²) in [5, 5.41) is 7.73. The van der Waals surface area contributed by atoms with Crippen molar-refractivity contribution in [1.82, 2.24) is 9.97 Å². The third-order valence-electron chi connectivity index (χ3n) is 5.06. The SMILES string of the molecule is Clc1cccc2ccc3cccnc3c12.c1ccc2c(c1)ccc1cccnc12. The van der Waals surface area contributed by atoms with Crippen LogP contribution in [0.3, 0.4) is 0 Å². The average molecular weight is 393 g/mol. The van der Waals surface area contributed by atoms with Gasteiger partial charge in [-0.15, -0.1) is 0 Å². The van der Waals surface area contributed by atoms with Crippen LogP contribution in [0.1, 0.15) is 0 Å². The molecule has 0 bridgehead atoms. The minimum Gasteiger partial charge on any atom is -0.256 e. The van der Waals surface area contributed by atoms with E-state index in [-0.39, 0.29) is 0 Å². The van der Waals surface area contributed by atoms with E-state index in [0.717, 1.165) is 32.2 Å². The van der Waals surface area contributed by atoms with Gasteiger partial charge in [-0.3, -0.25) is 9.97 Å². The summed E-state index contributed by atoms with van der Waals surface area (Å²) >= 11 is 6.20. The van der Waals surface area contributed by atoms with Gasteiger partial charge in [0, 0.05) is 33.9 Å². The number of hydrogen-bond acceptors (Lipinski definition) is 2. The molecule has 0 fully saturated rings. The lowest BCUT2D eigenvalue weighted by Gasteiger charge is -2.03. The maximum atomic E-state index is 6.20. The normalized spacial score (nSPS) is 10.9. The number of benzene rings is 4. The largest absolute Gasteiger partial charge is 0.256 e. The molecule has 0 spiro atoms. The molecule has 4 aromatic carbocycles. The zero-order valence-corrected chi connectivity index (χ0v) is 16.3. The fraction of sp³-hybridized carbons (Fsp3) is 0. The van der Waals surface area contributed by atoms with E-state index in [1.807, 2.05) is 36.5 Å². The lowest BCUT2D eigenvalue weighted by Crippen LogP contribution is -1.81. The van der Waals surface area contributed by atoms with Crippen LogP contribution >= 0.6 is 11.6 Å². The predicted molar refractivity (Wildman–Crippen MR) is 124 cm³/mol. The summed E-state index contributed by atoms with van der Waals surface area (Å²) in [6.07, 6.45) is 3.64. The molecule has 0 aliphatic heterocycles. The lowest BCUT2D eigenvalue weighted by atomic mass is 10.1. The molecule has 0 atom stereocenters. The number of aromatic nitrogens is 2. The van der Waals surface area contributed by atoms with Gasteiger partial charge in [-0.2, -0.15) is 0 Å². The summed E-state index contributed by atoms with van der Waals surface area (Å²) in [6, 6.07) is 30.7. The number of rotatable bonds is 0. The van der Waals surface area contributed by atoms with Crippen LogP contribution in [0, 0.1) is 0 Å². The quantitative estimate of drug-likeness (QED) is 0.251. The first-order chi connectivity index (χ1) is 14.3. The molecule has 6 rings (SSSR count). The van der Waals surface area contributed by atoms with E-state index in [9.17, 15) is 0 Å². The van der Waals surface area contributed by atoms with Crippen molar-refractivity contribution in [2.24, 2.45) is 0 Å². The second-order valence-electron chi connectivity index (χ2n) is 6.84. The second-order valence-corrected chi connectivity index (χ2v) is 7.25. The monoisotopic (exact) mass is 392 g/mol. The Labute approximate surface area is 173 Å². The predicted octanol–water partition coefficient (Wildman–Crippen LogP) is 7.43. The molecule has 0 aliphatic rings. The Kier molecular flexibility index (Phi) is 4.55. The summed E-state index contributed by atoms with van der Waals surface area (Å²) in [6.45, 7) is 0. The zero-order chi connectivity index (χ0) is 19.6. The van der Waals surface area contributed by atoms with Crippen molar-refractivity contribution in [3.63, 3.8) is 0 Å². The third kappa shape index (κ3) is 3.28. The highest BCUT2D eigenvalue weighted by molar-refractivity contribution is 6.37. The summed E-state index contributed by atoms with van der Waals surface area (Å²) < 4.78 is 0. The number of hydrogen-bond donors (Lipinski definition) is 0. The summed E-state index contributed by atoms with van der Waals surface area (Å²) in [5.74, 6) is 0. The Balaban J connectivity index is 0.000000125. The number of halogens is 1. The molecule has 138 valence electrons. The van der Waals surface area contributed by atoms with Crippen LogP contribution in [0.2, 0.25) is 5.02 Å². The van der Waals surface area contributed by atoms with E-state index < -0.39 is 0 Å². The lowest BCUT2D eigenvalue weighted by molar-refractivity contribution is 1.43. The van der Waals surface area contributed by atoms with Gasteiger partial charge in [0.2, 0.25) is 0 Å². The summed E-state index contributed by atoms with van der Waals surface area (Å²) in [5.41, 5.74) is 2.06. The van der Waals surface area contributed by atoms with E-state index >= 15 is 0 Å². The Bertz CT molecular complexity index is 1420. The number of pyridine rings is 2. The highest BCUT2D eigenvalue weighted by atomic mass is 35.5.